The molecular weight excluding hydrogens is 386 g/mol. The second kappa shape index (κ2) is 8.53. The number of halogens is 1. The van der Waals surface area contributed by atoms with Crippen molar-refractivity contribution in [3.8, 4) is 11.5 Å². The first-order valence-corrected chi connectivity index (χ1v) is 8.46. The van der Waals surface area contributed by atoms with Gasteiger partial charge in [-0.2, -0.15) is 5.10 Å². The number of nitrogens with one attached hydrogen (secondary N) is 1. The minimum atomic E-state index is -0.356. The van der Waals surface area contributed by atoms with E-state index in [0.717, 1.165) is 5.56 Å². The number of anilines is 1. The quantitative estimate of drug-likeness (QED) is 0.436. The monoisotopic (exact) mass is 405 g/mol. The fourth-order valence-corrected chi connectivity index (χ4v) is 2.72. The van der Waals surface area contributed by atoms with Gasteiger partial charge in [-0.05, 0) is 59.6 Å². The summed E-state index contributed by atoms with van der Waals surface area (Å²) in [6, 6.07) is 10.6. The summed E-state index contributed by atoms with van der Waals surface area (Å²) in [6.07, 6.45) is 0. The molecule has 0 aliphatic heterocycles. The lowest BCUT2D eigenvalue weighted by molar-refractivity contribution is 0.0954. The zero-order valence-corrected chi connectivity index (χ0v) is 15.9. The molecule has 0 aliphatic rings. The summed E-state index contributed by atoms with van der Waals surface area (Å²) in [5.41, 5.74) is 10.8. The van der Waals surface area contributed by atoms with Gasteiger partial charge in [0, 0.05) is 11.3 Å². The van der Waals surface area contributed by atoms with E-state index in [9.17, 15) is 4.79 Å². The normalized spacial score (nSPS) is 11.1. The Balaban J connectivity index is 2.20. The number of hydrogen-bond donors (Lipinski definition) is 2. The van der Waals surface area contributed by atoms with Gasteiger partial charge in [0.25, 0.3) is 5.91 Å². The van der Waals surface area contributed by atoms with Crippen molar-refractivity contribution in [3.05, 3.63) is 52.0 Å². The van der Waals surface area contributed by atoms with Gasteiger partial charge in [-0.3, -0.25) is 4.79 Å². The van der Waals surface area contributed by atoms with Crippen LogP contribution in [0.3, 0.4) is 0 Å². The number of nitrogens with two attached hydrogens (primary N) is 1. The average molecular weight is 406 g/mol. The van der Waals surface area contributed by atoms with E-state index in [4.69, 9.17) is 15.2 Å². The molecule has 0 aromatic heterocycles. The lowest BCUT2D eigenvalue weighted by atomic mass is 10.1. The van der Waals surface area contributed by atoms with Gasteiger partial charge in [0.1, 0.15) is 0 Å². The zero-order chi connectivity index (χ0) is 18.4. The molecule has 7 heteroatoms. The molecule has 0 spiro atoms. The number of nitrogen functional groups attached to an aromatic ring is 1. The number of carbonyl (C=O) groups is 1. The van der Waals surface area contributed by atoms with E-state index in [1.807, 2.05) is 19.1 Å². The van der Waals surface area contributed by atoms with Crippen molar-refractivity contribution in [1.29, 1.82) is 0 Å². The third-order valence-corrected chi connectivity index (χ3v) is 4.00. The van der Waals surface area contributed by atoms with Gasteiger partial charge in [-0.25, -0.2) is 5.43 Å². The molecule has 1 amide bonds. The standard InChI is InChI=1S/C18H20BrN3O3/c1-4-25-17-15(19)9-13(10-16(17)24-3)18(23)22-21-11(2)12-6-5-7-14(20)8-12/h5-10H,4,20H2,1-3H3,(H,22,23)/b21-11-. The van der Waals surface area contributed by atoms with Crippen molar-refractivity contribution in [2.75, 3.05) is 19.5 Å². The van der Waals surface area contributed by atoms with E-state index in [2.05, 4.69) is 26.5 Å². The summed E-state index contributed by atoms with van der Waals surface area (Å²) in [5.74, 6) is 0.671. The molecule has 0 aliphatic carbocycles. The van der Waals surface area contributed by atoms with Crippen LogP contribution in [0.25, 0.3) is 0 Å². The SMILES string of the molecule is CCOc1c(Br)cc(C(=O)N/N=C(/C)c2cccc(N)c2)cc1OC. The highest BCUT2D eigenvalue weighted by atomic mass is 79.9. The molecule has 2 aromatic carbocycles. The molecule has 0 heterocycles. The Morgan fingerprint density at radius 3 is 2.68 bits per heavy atom. The predicted octanol–water partition coefficient (Wildman–Crippen LogP) is 3.59. The molecule has 0 fully saturated rings. The molecule has 0 saturated carbocycles. The minimum Gasteiger partial charge on any atom is -0.493 e. The molecule has 6 nitrogen and oxygen atoms in total. The van der Waals surface area contributed by atoms with Gasteiger partial charge in [-0.15, -0.1) is 0 Å². The van der Waals surface area contributed by atoms with E-state index in [-0.39, 0.29) is 5.91 Å². The Labute approximate surface area is 155 Å². The highest BCUT2D eigenvalue weighted by Gasteiger charge is 2.15. The fraction of sp³-hybridized carbons (Fsp3) is 0.222. The Morgan fingerprint density at radius 2 is 2.04 bits per heavy atom. The molecule has 0 saturated heterocycles. The molecule has 0 bridgehead atoms. The Kier molecular flexibility index (Phi) is 6.41. The van der Waals surface area contributed by atoms with E-state index < -0.39 is 0 Å². The summed E-state index contributed by atoms with van der Waals surface area (Å²) in [4.78, 5) is 12.4. The summed E-state index contributed by atoms with van der Waals surface area (Å²) in [7, 11) is 1.52. The van der Waals surface area contributed by atoms with E-state index in [1.165, 1.54) is 7.11 Å². The highest BCUT2D eigenvalue weighted by molar-refractivity contribution is 9.10. The maximum atomic E-state index is 12.4. The minimum absolute atomic E-state index is 0.356. The van der Waals surface area contributed by atoms with Crippen LogP contribution in [-0.4, -0.2) is 25.3 Å². The molecule has 0 radical (unpaired) electrons. The lowest BCUT2D eigenvalue weighted by Crippen LogP contribution is -2.19. The van der Waals surface area contributed by atoms with Crippen molar-refractivity contribution in [2.24, 2.45) is 5.10 Å². The molecular formula is C18H20BrN3O3. The molecule has 0 unspecified atom stereocenters. The highest BCUT2D eigenvalue weighted by Crippen LogP contribution is 2.36. The molecule has 2 rings (SSSR count). The number of hydrogen-bond acceptors (Lipinski definition) is 5. The van der Waals surface area contributed by atoms with Crippen molar-refractivity contribution in [2.45, 2.75) is 13.8 Å². The maximum Gasteiger partial charge on any atom is 0.271 e. The largest absolute Gasteiger partial charge is 0.493 e. The first kappa shape index (κ1) is 18.8. The van der Waals surface area contributed by atoms with Crippen LogP contribution in [0.4, 0.5) is 5.69 Å². The summed E-state index contributed by atoms with van der Waals surface area (Å²) >= 11 is 3.40. The van der Waals surface area contributed by atoms with Crippen LogP contribution >= 0.6 is 15.9 Å². The van der Waals surface area contributed by atoms with Crippen LogP contribution in [-0.2, 0) is 0 Å². The number of nitrogens with zero attached hydrogens (tertiary/aromatic N) is 1. The van der Waals surface area contributed by atoms with E-state index in [0.29, 0.717) is 39.5 Å². The zero-order valence-electron chi connectivity index (χ0n) is 14.3. The third-order valence-electron chi connectivity index (χ3n) is 3.41. The molecule has 0 atom stereocenters. The fourth-order valence-electron chi connectivity index (χ4n) is 2.16. The van der Waals surface area contributed by atoms with E-state index >= 15 is 0 Å². The van der Waals surface area contributed by atoms with Gasteiger partial charge in [-0.1, -0.05) is 12.1 Å². The number of hydrazone groups is 1. The number of methoxy groups -OCH3 is 1. The molecule has 132 valence electrons. The summed E-state index contributed by atoms with van der Waals surface area (Å²) < 4.78 is 11.4. The first-order valence-electron chi connectivity index (χ1n) is 7.67. The topological polar surface area (TPSA) is 85.9 Å². The predicted molar refractivity (Wildman–Crippen MR) is 102 cm³/mol. The summed E-state index contributed by atoms with van der Waals surface area (Å²) in [6.45, 7) is 4.16. The average Bonchev–Trinajstić information content (AvgIpc) is 2.60. The molecule has 3 N–H and O–H groups in total. The van der Waals surface area contributed by atoms with Gasteiger partial charge >= 0.3 is 0 Å². The van der Waals surface area contributed by atoms with Crippen LogP contribution in [0, 0.1) is 0 Å². The van der Waals surface area contributed by atoms with Gasteiger partial charge < -0.3 is 15.2 Å². The van der Waals surface area contributed by atoms with Crippen molar-refractivity contribution in [1.82, 2.24) is 5.43 Å². The van der Waals surface area contributed by atoms with Gasteiger partial charge in [0.15, 0.2) is 11.5 Å². The molecule has 25 heavy (non-hydrogen) atoms. The molecule has 2 aromatic rings. The Bertz CT molecular complexity index is 806. The number of rotatable bonds is 6. The number of ether oxygens (including phenoxy) is 2. The third kappa shape index (κ3) is 4.73. The smallest absolute Gasteiger partial charge is 0.271 e. The second-order valence-electron chi connectivity index (χ2n) is 5.19. The van der Waals surface area contributed by atoms with Crippen LogP contribution in [0.15, 0.2) is 46.0 Å². The van der Waals surface area contributed by atoms with Crippen molar-refractivity contribution in [3.63, 3.8) is 0 Å². The van der Waals surface area contributed by atoms with Crippen LogP contribution in [0.5, 0.6) is 11.5 Å². The Hall–Kier alpha value is -2.54. The van der Waals surface area contributed by atoms with Crippen LogP contribution in [0.2, 0.25) is 0 Å². The van der Waals surface area contributed by atoms with Crippen molar-refractivity contribution < 1.29 is 14.3 Å². The number of carbonyl (C=O) groups excluding carboxylic acids is 1. The van der Waals surface area contributed by atoms with Gasteiger partial charge in [0.05, 0.1) is 23.9 Å². The first-order chi connectivity index (χ1) is 12.0. The number of amides is 1. The summed E-state index contributed by atoms with van der Waals surface area (Å²) in [5, 5.41) is 4.13. The van der Waals surface area contributed by atoms with E-state index in [1.54, 1.807) is 31.2 Å². The van der Waals surface area contributed by atoms with Crippen molar-refractivity contribution >= 4 is 33.2 Å². The van der Waals surface area contributed by atoms with Crippen LogP contribution < -0.4 is 20.6 Å². The lowest BCUT2D eigenvalue weighted by Gasteiger charge is -2.13. The van der Waals surface area contributed by atoms with Gasteiger partial charge in [0.2, 0.25) is 0 Å². The number of benzene rings is 2. The van der Waals surface area contributed by atoms with Crippen LogP contribution in [0.1, 0.15) is 29.8 Å². The second-order valence-corrected chi connectivity index (χ2v) is 6.04. The Morgan fingerprint density at radius 1 is 1.28 bits per heavy atom. The maximum absolute atomic E-state index is 12.4.